The molecule has 154 valence electrons. The van der Waals surface area contributed by atoms with E-state index in [1.165, 1.54) is 0 Å². The highest BCUT2D eigenvalue weighted by Crippen LogP contribution is 2.23. The summed E-state index contributed by atoms with van der Waals surface area (Å²) in [6, 6.07) is 0. The van der Waals surface area contributed by atoms with E-state index in [1.807, 2.05) is 24.0 Å². The number of carboxylic acids is 1. The van der Waals surface area contributed by atoms with Crippen molar-refractivity contribution >= 4 is 11.9 Å². The topological polar surface area (TPSA) is 73.3 Å². The van der Waals surface area contributed by atoms with Crippen LogP contribution in [0, 0.1) is 0 Å². The molecule has 1 N–H and O–H groups in total. The van der Waals surface area contributed by atoms with Gasteiger partial charge in [-0.2, -0.15) is 0 Å². The number of amides is 1. The molecule has 0 aromatic carbocycles. The second kappa shape index (κ2) is 10.8. The molecule has 7 heteroatoms. The number of carbonyl (C=O) groups excluding carboxylic acids is 1. The molecule has 2 aliphatic rings. The average molecular weight is 389 g/mol. The molecule has 0 spiro atoms. The molecule has 0 bridgehead atoms. The fraction of sp³-hybridized carbons (Fsp3) is 0.524. The number of hydrogen-bond donors (Lipinski definition) is 1. The zero-order valence-corrected chi connectivity index (χ0v) is 16.7. The fourth-order valence-electron chi connectivity index (χ4n) is 3.58. The minimum atomic E-state index is -0.801. The first-order chi connectivity index (χ1) is 13.5. The largest absolute Gasteiger partial charge is 0.480 e. The summed E-state index contributed by atoms with van der Waals surface area (Å²) in [5.74, 6) is -0.693. The summed E-state index contributed by atoms with van der Waals surface area (Å²) in [6.45, 7) is 14.2. The molecule has 1 amide bonds. The van der Waals surface area contributed by atoms with Gasteiger partial charge in [0.25, 0.3) is 0 Å². The third kappa shape index (κ3) is 6.07. The van der Waals surface area contributed by atoms with E-state index in [0.717, 1.165) is 30.8 Å². The standard InChI is InChI=1S/C21H31N3O4/c1-4-13-28-16-18(14-17(3)24-8-6-7-20(24)25)19(5-2)23-11-9-22(10-12-23)15-21(26)27/h4-5,14H,1,3,6-13,15-16H2,2H3,(H,26,27)/b18-14-,19-5+. The molecule has 0 aliphatic carbocycles. The Morgan fingerprint density at radius 2 is 1.96 bits per heavy atom. The Bertz CT molecular complexity index is 661. The van der Waals surface area contributed by atoms with Crippen LogP contribution >= 0.6 is 0 Å². The lowest BCUT2D eigenvalue weighted by Crippen LogP contribution is -2.47. The van der Waals surface area contributed by atoms with E-state index >= 15 is 0 Å². The third-order valence-electron chi connectivity index (χ3n) is 4.93. The molecule has 2 aliphatic heterocycles. The number of carboxylic acid groups (broad SMARTS) is 1. The number of carbonyl (C=O) groups is 2. The van der Waals surface area contributed by atoms with E-state index in [4.69, 9.17) is 9.84 Å². The molecular weight excluding hydrogens is 358 g/mol. The normalized spacial score (nSPS) is 19.2. The van der Waals surface area contributed by atoms with E-state index in [-0.39, 0.29) is 12.5 Å². The molecule has 7 nitrogen and oxygen atoms in total. The molecule has 2 heterocycles. The molecule has 2 saturated heterocycles. The third-order valence-corrected chi connectivity index (χ3v) is 4.93. The molecule has 0 radical (unpaired) electrons. The van der Waals surface area contributed by atoms with Crippen molar-refractivity contribution in [3.63, 3.8) is 0 Å². The van der Waals surface area contributed by atoms with Crippen LogP contribution in [-0.4, -0.2) is 84.2 Å². The molecule has 2 fully saturated rings. The summed E-state index contributed by atoms with van der Waals surface area (Å²) in [7, 11) is 0. The summed E-state index contributed by atoms with van der Waals surface area (Å²) < 4.78 is 5.70. The first-order valence-electron chi connectivity index (χ1n) is 9.70. The SMILES string of the molecule is C=CCOCC(=C/C(=C)N1CCCC1=O)/C(=C\C)N1CCN(CC(=O)O)CC1. The van der Waals surface area contributed by atoms with Crippen LogP contribution in [0.15, 0.2) is 48.4 Å². The van der Waals surface area contributed by atoms with Crippen molar-refractivity contribution in [1.82, 2.24) is 14.7 Å². The number of aliphatic carboxylic acids is 1. The Kier molecular flexibility index (Phi) is 8.47. The van der Waals surface area contributed by atoms with Crippen LogP contribution in [0.2, 0.25) is 0 Å². The Hall–Kier alpha value is -2.38. The zero-order valence-electron chi connectivity index (χ0n) is 16.7. The summed E-state index contributed by atoms with van der Waals surface area (Å²) in [5.41, 5.74) is 2.68. The van der Waals surface area contributed by atoms with E-state index < -0.39 is 5.97 Å². The van der Waals surface area contributed by atoms with Gasteiger partial charge in [0.2, 0.25) is 5.91 Å². The number of hydrogen-bond acceptors (Lipinski definition) is 5. The summed E-state index contributed by atoms with van der Waals surface area (Å²) >= 11 is 0. The molecule has 0 unspecified atom stereocenters. The number of nitrogens with zero attached hydrogens (tertiary/aromatic N) is 3. The molecule has 0 aromatic heterocycles. The lowest BCUT2D eigenvalue weighted by atomic mass is 10.1. The Balaban J connectivity index is 2.12. The van der Waals surface area contributed by atoms with Gasteiger partial charge in [0.1, 0.15) is 0 Å². The van der Waals surface area contributed by atoms with Crippen molar-refractivity contribution in [1.29, 1.82) is 0 Å². The lowest BCUT2D eigenvalue weighted by Gasteiger charge is -2.37. The zero-order chi connectivity index (χ0) is 20.5. The van der Waals surface area contributed by atoms with E-state index in [9.17, 15) is 9.59 Å². The van der Waals surface area contributed by atoms with Gasteiger partial charge in [-0.05, 0) is 19.4 Å². The summed E-state index contributed by atoms with van der Waals surface area (Å²) in [6.07, 6.45) is 7.10. The van der Waals surface area contributed by atoms with Gasteiger partial charge in [0.15, 0.2) is 0 Å². The van der Waals surface area contributed by atoms with Crippen LogP contribution in [0.1, 0.15) is 19.8 Å². The quantitative estimate of drug-likeness (QED) is 0.349. The van der Waals surface area contributed by atoms with Crippen molar-refractivity contribution in [3.8, 4) is 0 Å². The van der Waals surface area contributed by atoms with Gasteiger partial charge in [-0.25, -0.2) is 0 Å². The van der Waals surface area contributed by atoms with Crippen molar-refractivity contribution in [2.24, 2.45) is 0 Å². The van der Waals surface area contributed by atoms with Crippen molar-refractivity contribution in [3.05, 3.63) is 48.4 Å². The molecule has 2 rings (SSSR count). The van der Waals surface area contributed by atoms with Crippen LogP contribution < -0.4 is 0 Å². The fourth-order valence-corrected chi connectivity index (χ4v) is 3.58. The smallest absolute Gasteiger partial charge is 0.317 e. The van der Waals surface area contributed by atoms with Gasteiger partial charge in [-0.1, -0.05) is 18.7 Å². The number of likely N-dealkylation sites (tertiary alicyclic amines) is 1. The van der Waals surface area contributed by atoms with Gasteiger partial charge in [0, 0.05) is 56.1 Å². The number of ether oxygens (including phenoxy) is 1. The second-order valence-corrected chi connectivity index (χ2v) is 6.94. The number of piperazine rings is 1. The van der Waals surface area contributed by atoms with E-state index in [2.05, 4.69) is 18.1 Å². The minimum Gasteiger partial charge on any atom is -0.480 e. The molecular formula is C21H31N3O4. The van der Waals surface area contributed by atoms with Crippen molar-refractivity contribution in [2.75, 3.05) is 52.5 Å². The number of rotatable bonds is 10. The van der Waals surface area contributed by atoms with Crippen LogP contribution in [-0.2, 0) is 14.3 Å². The predicted molar refractivity (Wildman–Crippen MR) is 109 cm³/mol. The molecule has 28 heavy (non-hydrogen) atoms. The van der Waals surface area contributed by atoms with Crippen LogP contribution in [0.5, 0.6) is 0 Å². The Morgan fingerprint density at radius 1 is 1.25 bits per heavy atom. The van der Waals surface area contributed by atoms with E-state index in [1.54, 1.807) is 11.0 Å². The maximum Gasteiger partial charge on any atom is 0.317 e. The summed E-state index contributed by atoms with van der Waals surface area (Å²) in [5, 5.41) is 8.98. The molecule has 0 saturated carbocycles. The highest BCUT2D eigenvalue weighted by atomic mass is 16.5. The van der Waals surface area contributed by atoms with Crippen molar-refractivity contribution in [2.45, 2.75) is 19.8 Å². The molecule has 0 aromatic rings. The Labute approximate surface area is 167 Å². The maximum atomic E-state index is 12.0. The summed E-state index contributed by atoms with van der Waals surface area (Å²) in [4.78, 5) is 28.9. The minimum absolute atomic E-state index is 0.0675. The van der Waals surface area contributed by atoms with Crippen molar-refractivity contribution < 1.29 is 19.4 Å². The van der Waals surface area contributed by atoms with Gasteiger partial charge < -0.3 is 19.6 Å². The first kappa shape index (κ1) is 21.9. The van der Waals surface area contributed by atoms with Crippen LogP contribution in [0.4, 0.5) is 0 Å². The number of allylic oxidation sites excluding steroid dienone is 2. The highest BCUT2D eigenvalue weighted by Gasteiger charge is 2.24. The lowest BCUT2D eigenvalue weighted by molar-refractivity contribution is -0.138. The van der Waals surface area contributed by atoms with Crippen LogP contribution in [0.25, 0.3) is 0 Å². The highest BCUT2D eigenvalue weighted by molar-refractivity contribution is 5.80. The van der Waals surface area contributed by atoms with Gasteiger partial charge in [0.05, 0.1) is 19.8 Å². The molecule has 0 atom stereocenters. The van der Waals surface area contributed by atoms with Gasteiger partial charge in [-0.3, -0.25) is 14.5 Å². The average Bonchev–Trinajstić information content (AvgIpc) is 3.09. The van der Waals surface area contributed by atoms with Gasteiger partial charge >= 0.3 is 5.97 Å². The predicted octanol–water partition coefficient (Wildman–Crippen LogP) is 1.86. The first-order valence-corrected chi connectivity index (χ1v) is 9.70. The second-order valence-electron chi connectivity index (χ2n) is 6.94. The Morgan fingerprint density at radius 3 is 2.50 bits per heavy atom. The maximum absolute atomic E-state index is 12.0. The monoisotopic (exact) mass is 389 g/mol. The van der Waals surface area contributed by atoms with Crippen LogP contribution in [0.3, 0.4) is 0 Å². The van der Waals surface area contributed by atoms with Gasteiger partial charge in [-0.15, -0.1) is 6.58 Å². The van der Waals surface area contributed by atoms with E-state index in [0.29, 0.717) is 45.0 Å².